The fraction of sp³-hybridized carbons (Fsp3) is 0.400. The van der Waals surface area contributed by atoms with Crippen LogP contribution in [0.3, 0.4) is 0 Å². The van der Waals surface area contributed by atoms with Gasteiger partial charge in [0.15, 0.2) is 0 Å². The Morgan fingerprint density at radius 3 is 2.79 bits per heavy atom. The lowest BCUT2D eigenvalue weighted by molar-refractivity contribution is -0.125. The fourth-order valence-electron chi connectivity index (χ4n) is 1.50. The molecule has 0 atom stereocenters. The molecule has 0 unspecified atom stereocenters. The molecule has 0 aromatic heterocycles. The molecule has 4 heteroatoms. The van der Waals surface area contributed by atoms with Gasteiger partial charge in [-0.2, -0.15) is 0 Å². The fourth-order valence-corrected chi connectivity index (χ4v) is 1.50. The van der Waals surface area contributed by atoms with E-state index in [-0.39, 0.29) is 12.5 Å². The molecule has 0 fully saturated rings. The maximum absolute atomic E-state index is 11.3. The number of benzene rings is 1. The van der Waals surface area contributed by atoms with E-state index in [2.05, 4.69) is 17.2 Å². The first-order chi connectivity index (χ1) is 9.15. The van der Waals surface area contributed by atoms with E-state index in [0.717, 1.165) is 11.3 Å². The molecule has 19 heavy (non-hydrogen) atoms. The zero-order chi connectivity index (χ0) is 14.1. The first-order valence-electron chi connectivity index (χ1n) is 6.24. The first-order valence-corrected chi connectivity index (χ1v) is 6.24. The average Bonchev–Trinajstić information content (AvgIpc) is 2.41. The van der Waals surface area contributed by atoms with Gasteiger partial charge in [-0.05, 0) is 19.1 Å². The normalized spacial score (nSPS) is 9.42. The molecule has 0 aliphatic rings. The van der Waals surface area contributed by atoms with Crippen molar-refractivity contribution in [2.45, 2.75) is 6.92 Å². The van der Waals surface area contributed by atoms with Crippen LogP contribution in [-0.2, 0) is 9.53 Å². The van der Waals surface area contributed by atoms with E-state index in [9.17, 15) is 4.79 Å². The summed E-state index contributed by atoms with van der Waals surface area (Å²) in [7, 11) is 3.95. The molecule has 0 heterocycles. The smallest absolute Gasteiger partial charge is 0.246 e. The van der Waals surface area contributed by atoms with Crippen molar-refractivity contribution in [3.63, 3.8) is 0 Å². The third-order valence-electron chi connectivity index (χ3n) is 2.42. The Morgan fingerprint density at radius 1 is 1.37 bits per heavy atom. The van der Waals surface area contributed by atoms with Crippen LogP contribution in [-0.4, -0.2) is 39.8 Å². The van der Waals surface area contributed by atoms with Gasteiger partial charge in [-0.3, -0.25) is 4.79 Å². The molecule has 102 valence electrons. The second-order valence-electron chi connectivity index (χ2n) is 4.13. The summed E-state index contributed by atoms with van der Waals surface area (Å²) >= 11 is 0. The lowest BCUT2D eigenvalue weighted by atomic mass is 10.1. The molecule has 0 aliphatic heterocycles. The van der Waals surface area contributed by atoms with Gasteiger partial charge in [-0.15, -0.1) is 0 Å². The van der Waals surface area contributed by atoms with Crippen LogP contribution in [0.15, 0.2) is 24.3 Å². The standard InChI is InChI=1S/C15H20N2O2/c1-4-19-12-15(18)16-11-7-9-13-8-5-6-10-14(13)17(2)3/h5-6,8,10H,4,11-12H2,1-3H3,(H,16,18). The summed E-state index contributed by atoms with van der Waals surface area (Å²) in [6.07, 6.45) is 0. The van der Waals surface area contributed by atoms with Crippen LogP contribution in [0.5, 0.6) is 0 Å². The zero-order valence-electron chi connectivity index (χ0n) is 11.7. The summed E-state index contributed by atoms with van der Waals surface area (Å²) in [5.41, 5.74) is 2.02. The predicted molar refractivity (Wildman–Crippen MR) is 77.1 cm³/mol. The predicted octanol–water partition coefficient (Wildman–Crippen LogP) is 1.26. The topological polar surface area (TPSA) is 41.6 Å². The molecule has 0 saturated carbocycles. The molecular formula is C15H20N2O2. The molecule has 1 rings (SSSR count). The lowest BCUT2D eigenvalue weighted by Gasteiger charge is -2.13. The highest BCUT2D eigenvalue weighted by Gasteiger charge is 2.00. The molecule has 1 N–H and O–H groups in total. The maximum atomic E-state index is 11.3. The number of carbonyl (C=O) groups excluding carboxylic acids is 1. The van der Waals surface area contributed by atoms with Crippen molar-refractivity contribution in [1.29, 1.82) is 0 Å². The largest absolute Gasteiger partial charge is 0.377 e. The second-order valence-corrected chi connectivity index (χ2v) is 4.13. The molecular weight excluding hydrogens is 240 g/mol. The van der Waals surface area contributed by atoms with Crippen molar-refractivity contribution in [1.82, 2.24) is 5.32 Å². The molecule has 0 saturated heterocycles. The lowest BCUT2D eigenvalue weighted by Crippen LogP contribution is -2.27. The maximum Gasteiger partial charge on any atom is 0.246 e. The van der Waals surface area contributed by atoms with Gasteiger partial charge in [-0.1, -0.05) is 24.0 Å². The van der Waals surface area contributed by atoms with E-state index in [0.29, 0.717) is 13.2 Å². The summed E-state index contributed by atoms with van der Waals surface area (Å²) in [5, 5.41) is 2.69. The van der Waals surface area contributed by atoms with Crippen molar-refractivity contribution in [2.75, 3.05) is 38.8 Å². The summed E-state index contributed by atoms with van der Waals surface area (Å²) < 4.78 is 4.99. The van der Waals surface area contributed by atoms with Gasteiger partial charge in [0.2, 0.25) is 5.91 Å². The van der Waals surface area contributed by atoms with Gasteiger partial charge in [-0.25, -0.2) is 0 Å². The number of para-hydroxylation sites is 1. The highest BCUT2D eigenvalue weighted by molar-refractivity contribution is 5.77. The van der Waals surface area contributed by atoms with Crippen LogP contribution in [0.4, 0.5) is 5.69 Å². The number of hydrogen-bond donors (Lipinski definition) is 1. The number of carbonyl (C=O) groups is 1. The Bertz CT molecular complexity index is 473. The monoisotopic (exact) mass is 260 g/mol. The Kier molecular flexibility index (Phi) is 6.48. The van der Waals surface area contributed by atoms with Crippen LogP contribution < -0.4 is 10.2 Å². The van der Waals surface area contributed by atoms with Crippen molar-refractivity contribution < 1.29 is 9.53 Å². The van der Waals surface area contributed by atoms with Gasteiger partial charge in [0, 0.05) is 26.3 Å². The minimum atomic E-state index is -0.142. The quantitative estimate of drug-likeness (QED) is 0.810. The number of nitrogens with zero attached hydrogens (tertiary/aromatic N) is 1. The van der Waals surface area contributed by atoms with Gasteiger partial charge < -0.3 is 15.0 Å². The highest BCUT2D eigenvalue weighted by Crippen LogP contribution is 2.16. The second kappa shape index (κ2) is 8.17. The summed E-state index contributed by atoms with van der Waals surface area (Å²) in [6.45, 7) is 2.81. The van der Waals surface area contributed by atoms with E-state index < -0.39 is 0 Å². The van der Waals surface area contributed by atoms with Crippen molar-refractivity contribution in [3.8, 4) is 11.8 Å². The van der Waals surface area contributed by atoms with E-state index >= 15 is 0 Å². The van der Waals surface area contributed by atoms with Gasteiger partial charge in [0.25, 0.3) is 0 Å². The molecule has 0 spiro atoms. The number of amides is 1. The number of rotatable bonds is 5. The number of anilines is 1. The van der Waals surface area contributed by atoms with Gasteiger partial charge in [0.1, 0.15) is 6.61 Å². The van der Waals surface area contributed by atoms with Crippen LogP contribution in [0.2, 0.25) is 0 Å². The van der Waals surface area contributed by atoms with E-state index in [1.807, 2.05) is 50.2 Å². The molecule has 0 aliphatic carbocycles. The Balaban J connectivity index is 2.52. The molecule has 1 aromatic carbocycles. The van der Waals surface area contributed by atoms with E-state index in [1.54, 1.807) is 0 Å². The third kappa shape index (κ3) is 5.45. The van der Waals surface area contributed by atoms with Crippen LogP contribution in [0, 0.1) is 11.8 Å². The van der Waals surface area contributed by atoms with E-state index in [1.165, 1.54) is 0 Å². The first kappa shape index (κ1) is 15.1. The van der Waals surface area contributed by atoms with Crippen molar-refractivity contribution >= 4 is 11.6 Å². The molecule has 0 radical (unpaired) electrons. The summed E-state index contributed by atoms with van der Waals surface area (Å²) in [5.74, 6) is 5.86. The van der Waals surface area contributed by atoms with Gasteiger partial charge in [0.05, 0.1) is 12.2 Å². The Morgan fingerprint density at radius 2 is 2.11 bits per heavy atom. The van der Waals surface area contributed by atoms with Crippen LogP contribution >= 0.6 is 0 Å². The molecule has 0 bridgehead atoms. The zero-order valence-corrected chi connectivity index (χ0v) is 11.7. The minimum absolute atomic E-state index is 0.0897. The third-order valence-corrected chi connectivity index (χ3v) is 2.42. The summed E-state index contributed by atoms with van der Waals surface area (Å²) in [4.78, 5) is 13.3. The molecule has 1 aromatic rings. The van der Waals surface area contributed by atoms with Gasteiger partial charge >= 0.3 is 0 Å². The Hall–Kier alpha value is -1.99. The van der Waals surface area contributed by atoms with Crippen LogP contribution in [0.25, 0.3) is 0 Å². The van der Waals surface area contributed by atoms with Crippen molar-refractivity contribution in [2.24, 2.45) is 0 Å². The number of nitrogens with one attached hydrogen (secondary N) is 1. The number of hydrogen-bond acceptors (Lipinski definition) is 3. The molecule has 4 nitrogen and oxygen atoms in total. The van der Waals surface area contributed by atoms with Crippen molar-refractivity contribution in [3.05, 3.63) is 29.8 Å². The average molecular weight is 260 g/mol. The van der Waals surface area contributed by atoms with Crippen LogP contribution in [0.1, 0.15) is 12.5 Å². The highest BCUT2D eigenvalue weighted by atomic mass is 16.5. The Labute approximate surface area is 114 Å². The SMILES string of the molecule is CCOCC(=O)NCC#Cc1ccccc1N(C)C. The summed E-state index contributed by atoms with van der Waals surface area (Å²) in [6, 6.07) is 7.90. The minimum Gasteiger partial charge on any atom is -0.377 e. The number of ether oxygens (including phenoxy) is 1. The van der Waals surface area contributed by atoms with E-state index in [4.69, 9.17) is 4.74 Å². The molecule has 1 amide bonds.